The number of nitrogens with two attached hydrogens (primary N) is 1. The number of hydrogen-bond acceptors (Lipinski definition) is 8. The van der Waals surface area contributed by atoms with Crippen LogP contribution in [0, 0.1) is 11.8 Å². The Balaban J connectivity index is 1.26. The van der Waals surface area contributed by atoms with Crippen molar-refractivity contribution in [2.75, 3.05) is 23.3 Å². The zero-order valence-corrected chi connectivity index (χ0v) is 20.0. The molecular formula is C26H28N8O2. The monoisotopic (exact) mass is 484 g/mol. The van der Waals surface area contributed by atoms with Crippen LogP contribution in [0.15, 0.2) is 55.2 Å². The molecule has 10 heteroatoms. The van der Waals surface area contributed by atoms with Gasteiger partial charge in [-0.2, -0.15) is 5.10 Å². The van der Waals surface area contributed by atoms with Crippen LogP contribution in [0.2, 0.25) is 0 Å². The third-order valence-corrected chi connectivity index (χ3v) is 7.16. The summed E-state index contributed by atoms with van der Waals surface area (Å²) in [7, 11) is 1.86. The normalized spacial score (nSPS) is 22.1. The van der Waals surface area contributed by atoms with Crippen LogP contribution in [0.25, 0.3) is 22.2 Å². The van der Waals surface area contributed by atoms with Gasteiger partial charge in [-0.15, -0.1) is 0 Å². The van der Waals surface area contributed by atoms with Gasteiger partial charge in [-0.25, -0.2) is 4.98 Å². The van der Waals surface area contributed by atoms with E-state index in [2.05, 4.69) is 30.3 Å². The van der Waals surface area contributed by atoms with Crippen LogP contribution in [0.1, 0.15) is 23.3 Å². The molecule has 1 unspecified atom stereocenters. The number of aromatic nitrogens is 5. The summed E-state index contributed by atoms with van der Waals surface area (Å²) in [4.78, 5) is 28.7. The van der Waals surface area contributed by atoms with Crippen LogP contribution in [-0.4, -0.2) is 61.0 Å². The first-order valence-electron chi connectivity index (χ1n) is 12.2. The lowest BCUT2D eigenvalue weighted by Gasteiger charge is -2.42. The molecule has 1 aliphatic heterocycles. The van der Waals surface area contributed by atoms with Gasteiger partial charge < -0.3 is 21.1 Å². The number of aliphatic hydroxyl groups is 1. The Bertz CT molecular complexity index is 1430. The number of nitrogens with one attached hydrogen (secondary N) is 1. The van der Waals surface area contributed by atoms with Crippen LogP contribution < -0.4 is 16.0 Å². The predicted octanol–water partition coefficient (Wildman–Crippen LogP) is 2.21. The number of carbonyl (C=O) groups excluding carboxylic acids is 1. The lowest BCUT2D eigenvalue weighted by Crippen LogP contribution is -2.57. The molecule has 1 aliphatic carbocycles. The maximum absolute atomic E-state index is 13.2. The molecule has 184 valence electrons. The number of aryl methyl sites for hydroxylation is 1. The fourth-order valence-corrected chi connectivity index (χ4v) is 5.07. The molecule has 1 amide bonds. The smallest absolute Gasteiger partial charge is 0.274 e. The second kappa shape index (κ2) is 8.96. The van der Waals surface area contributed by atoms with Gasteiger partial charge in [0.05, 0.1) is 40.9 Å². The molecule has 4 aromatic rings. The SMILES string of the molecule is Cn1cc(-c2cnc3ccc(C(=O)Nc4cnccc4N4CC(C5CC5)[C@@H](O)[C@H](N)C4)nc3c2)cn1. The third kappa shape index (κ3) is 4.29. The van der Waals surface area contributed by atoms with Crippen molar-refractivity contribution in [3.63, 3.8) is 0 Å². The lowest BCUT2D eigenvalue weighted by molar-refractivity contribution is 0.0594. The molecule has 1 saturated heterocycles. The summed E-state index contributed by atoms with van der Waals surface area (Å²) in [5.41, 5.74) is 11.1. The Hall–Kier alpha value is -3.89. The average Bonchev–Trinajstić information content (AvgIpc) is 3.64. The van der Waals surface area contributed by atoms with Crippen molar-refractivity contribution in [1.82, 2.24) is 24.7 Å². The molecule has 10 nitrogen and oxygen atoms in total. The van der Waals surface area contributed by atoms with Gasteiger partial charge in [-0.3, -0.25) is 19.4 Å². The molecule has 0 spiro atoms. The standard InChI is InChI=1S/C26H28N8O2/c1-33-12-17(10-30-33)16-8-22-20(29-9-16)4-5-21(31-22)26(36)32-23-11-28-7-6-24(23)34-13-18(15-2-3-15)25(35)19(27)14-34/h4-12,15,18-19,25,35H,2-3,13-14,27H2,1H3,(H,32,36)/t18?,19-,25-/m1/s1. The molecule has 2 aliphatic rings. The Morgan fingerprint density at radius 3 is 2.75 bits per heavy atom. The second-order valence-electron chi connectivity index (χ2n) is 9.77. The Kier molecular flexibility index (Phi) is 5.62. The van der Waals surface area contributed by atoms with Gasteiger partial charge in [0.1, 0.15) is 5.69 Å². The van der Waals surface area contributed by atoms with Gasteiger partial charge in [0, 0.05) is 61.8 Å². The van der Waals surface area contributed by atoms with Crippen molar-refractivity contribution < 1.29 is 9.90 Å². The highest BCUT2D eigenvalue weighted by molar-refractivity contribution is 6.05. The van der Waals surface area contributed by atoms with Gasteiger partial charge in [0.25, 0.3) is 5.91 Å². The number of piperidine rings is 1. The number of anilines is 2. The summed E-state index contributed by atoms with van der Waals surface area (Å²) in [6, 6.07) is 6.90. The number of hydrogen-bond donors (Lipinski definition) is 3. The van der Waals surface area contributed by atoms with E-state index in [0.717, 1.165) is 29.7 Å². The fourth-order valence-electron chi connectivity index (χ4n) is 5.07. The van der Waals surface area contributed by atoms with Crippen molar-refractivity contribution in [2.45, 2.75) is 25.0 Å². The lowest BCUT2D eigenvalue weighted by atomic mass is 9.87. The number of carbonyl (C=O) groups is 1. The molecule has 0 radical (unpaired) electrons. The summed E-state index contributed by atoms with van der Waals surface area (Å²) in [5.74, 6) is 0.313. The van der Waals surface area contributed by atoms with Gasteiger partial charge in [0.2, 0.25) is 0 Å². The maximum Gasteiger partial charge on any atom is 0.274 e. The first-order valence-corrected chi connectivity index (χ1v) is 12.2. The van der Waals surface area contributed by atoms with E-state index < -0.39 is 6.10 Å². The zero-order chi connectivity index (χ0) is 24.8. The second-order valence-corrected chi connectivity index (χ2v) is 9.77. The van der Waals surface area contributed by atoms with Gasteiger partial charge in [-0.05, 0) is 43.0 Å². The van der Waals surface area contributed by atoms with E-state index in [1.54, 1.807) is 41.6 Å². The van der Waals surface area contributed by atoms with Crippen LogP contribution in [0.5, 0.6) is 0 Å². The molecule has 6 rings (SSSR count). The number of amides is 1. The van der Waals surface area contributed by atoms with Gasteiger partial charge in [-0.1, -0.05) is 0 Å². The number of fused-ring (bicyclic) bond motifs is 1. The molecule has 2 fully saturated rings. The molecule has 4 aromatic heterocycles. The van der Waals surface area contributed by atoms with E-state index in [1.807, 2.05) is 25.4 Å². The molecule has 5 heterocycles. The number of pyridine rings is 3. The van der Waals surface area contributed by atoms with Crippen molar-refractivity contribution in [3.8, 4) is 11.1 Å². The van der Waals surface area contributed by atoms with Crippen LogP contribution in [-0.2, 0) is 7.05 Å². The minimum atomic E-state index is -0.499. The van der Waals surface area contributed by atoms with Crippen LogP contribution in [0.4, 0.5) is 11.4 Å². The molecule has 0 aromatic carbocycles. The molecule has 36 heavy (non-hydrogen) atoms. The van der Waals surface area contributed by atoms with E-state index in [-0.39, 0.29) is 23.6 Å². The summed E-state index contributed by atoms with van der Waals surface area (Å²) < 4.78 is 1.73. The van der Waals surface area contributed by atoms with Crippen LogP contribution >= 0.6 is 0 Å². The molecule has 0 bridgehead atoms. The largest absolute Gasteiger partial charge is 0.391 e. The highest BCUT2D eigenvalue weighted by atomic mass is 16.3. The van der Waals surface area contributed by atoms with E-state index in [1.165, 1.54) is 0 Å². The minimum absolute atomic E-state index is 0.133. The van der Waals surface area contributed by atoms with E-state index in [0.29, 0.717) is 35.7 Å². The molecule has 4 N–H and O–H groups in total. The quantitative estimate of drug-likeness (QED) is 0.392. The van der Waals surface area contributed by atoms with Crippen molar-refractivity contribution in [2.24, 2.45) is 24.6 Å². The fraction of sp³-hybridized carbons (Fsp3) is 0.346. The summed E-state index contributed by atoms with van der Waals surface area (Å²) in [6.07, 6.45) is 10.6. The first-order chi connectivity index (χ1) is 17.5. The summed E-state index contributed by atoms with van der Waals surface area (Å²) in [5, 5.41) is 17.8. The Labute approximate surface area is 208 Å². The van der Waals surface area contributed by atoms with Crippen LogP contribution in [0.3, 0.4) is 0 Å². The predicted molar refractivity (Wildman–Crippen MR) is 136 cm³/mol. The molecule has 1 saturated carbocycles. The van der Waals surface area contributed by atoms with Crippen molar-refractivity contribution in [1.29, 1.82) is 0 Å². The van der Waals surface area contributed by atoms with E-state index in [4.69, 9.17) is 5.73 Å². The number of aliphatic hydroxyl groups excluding tert-OH is 1. The Morgan fingerprint density at radius 2 is 1.97 bits per heavy atom. The average molecular weight is 485 g/mol. The summed E-state index contributed by atoms with van der Waals surface area (Å²) >= 11 is 0. The highest BCUT2D eigenvalue weighted by Gasteiger charge is 2.43. The molecule has 3 atom stereocenters. The third-order valence-electron chi connectivity index (χ3n) is 7.16. The zero-order valence-electron chi connectivity index (χ0n) is 20.0. The van der Waals surface area contributed by atoms with E-state index >= 15 is 0 Å². The van der Waals surface area contributed by atoms with Crippen molar-refractivity contribution in [3.05, 3.63) is 60.9 Å². The topological polar surface area (TPSA) is 135 Å². The van der Waals surface area contributed by atoms with Gasteiger partial charge >= 0.3 is 0 Å². The number of rotatable bonds is 5. The highest BCUT2D eigenvalue weighted by Crippen LogP contribution is 2.42. The first kappa shape index (κ1) is 22.6. The Morgan fingerprint density at radius 1 is 1.11 bits per heavy atom. The number of nitrogens with zero attached hydrogens (tertiary/aromatic N) is 6. The van der Waals surface area contributed by atoms with E-state index in [9.17, 15) is 9.90 Å². The maximum atomic E-state index is 13.2. The van der Waals surface area contributed by atoms with Crippen molar-refractivity contribution >= 4 is 28.3 Å². The minimum Gasteiger partial charge on any atom is -0.391 e. The van der Waals surface area contributed by atoms with Gasteiger partial charge in [0.15, 0.2) is 0 Å². The summed E-state index contributed by atoms with van der Waals surface area (Å²) in [6.45, 7) is 1.21. The molecular weight excluding hydrogens is 456 g/mol.